The lowest BCUT2D eigenvalue weighted by Crippen LogP contribution is -2.51. The van der Waals surface area contributed by atoms with Gasteiger partial charge in [0, 0.05) is 23.7 Å². The molecule has 2 heterocycles. The summed E-state index contributed by atoms with van der Waals surface area (Å²) in [6.45, 7) is 0.937. The van der Waals surface area contributed by atoms with Crippen LogP contribution in [-0.4, -0.2) is 36.4 Å². The van der Waals surface area contributed by atoms with Crippen molar-refractivity contribution in [3.05, 3.63) is 35.1 Å². The monoisotopic (exact) mass is 336 g/mol. The van der Waals surface area contributed by atoms with E-state index in [1.807, 2.05) is 4.90 Å². The van der Waals surface area contributed by atoms with Gasteiger partial charge in [0.1, 0.15) is 5.82 Å². The van der Waals surface area contributed by atoms with Crippen molar-refractivity contribution in [3.63, 3.8) is 0 Å². The number of anilines is 2. The number of rotatable bonds is 3. The predicted molar refractivity (Wildman–Crippen MR) is 84.6 cm³/mol. The normalized spacial score (nSPS) is 14.5. The van der Waals surface area contributed by atoms with Crippen LogP contribution in [0.25, 0.3) is 11.3 Å². The largest absolute Gasteiger partial charge is 0.469 e. The highest BCUT2D eigenvalue weighted by atomic mass is 35.5. The van der Waals surface area contributed by atoms with Crippen LogP contribution < -0.4 is 10.6 Å². The van der Waals surface area contributed by atoms with Gasteiger partial charge in [-0.3, -0.25) is 4.79 Å². The van der Waals surface area contributed by atoms with Gasteiger partial charge in [-0.05, 0) is 24.3 Å². The lowest BCUT2D eigenvalue weighted by Gasteiger charge is -2.38. The summed E-state index contributed by atoms with van der Waals surface area (Å²) in [5.41, 5.74) is 6.89. The maximum absolute atomic E-state index is 13.9. The molecule has 8 heteroatoms. The highest BCUT2D eigenvalue weighted by molar-refractivity contribution is 6.30. The lowest BCUT2D eigenvalue weighted by molar-refractivity contribution is -0.146. The molecule has 2 aromatic rings. The molecule has 0 atom stereocenters. The summed E-state index contributed by atoms with van der Waals surface area (Å²) in [6.07, 6.45) is 0. The van der Waals surface area contributed by atoms with Crippen molar-refractivity contribution in [2.75, 3.05) is 30.8 Å². The van der Waals surface area contributed by atoms with Gasteiger partial charge in [-0.15, -0.1) is 10.2 Å². The van der Waals surface area contributed by atoms with E-state index in [0.717, 1.165) is 0 Å². The second kappa shape index (κ2) is 6.00. The van der Waals surface area contributed by atoms with Gasteiger partial charge in [0.15, 0.2) is 5.82 Å². The molecule has 0 aliphatic carbocycles. The lowest BCUT2D eigenvalue weighted by atomic mass is 10.0. The highest BCUT2D eigenvalue weighted by Crippen LogP contribution is 2.31. The maximum Gasteiger partial charge on any atom is 0.312 e. The number of esters is 1. The van der Waals surface area contributed by atoms with Crippen molar-refractivity contribution >= 4 is 29.1 Å². The van der Waals surface area contributed by atoms with E-state index in [9.17, 15) is 9.18 Å². The van der Waals surface area contributed by atoms with Crippen LogP contribution in [0.3, 0.4) is 0 Å². The summed E-state index contributed by atoms with van der Waals surface area (Å²) in [4.78, 5) is 13.2. The third kappa shape index (κ3) is 2.92. The Kier molecular flexibility index (Phi) is 4.04. The van der Waals surface area contributed by atoms with E-state index in [0.29, 0.717) is 35.3 Å². The first-order valence-electron chi connectivity index (χ1n) is 6.91. The van der Waals surface area contributed by atoms with Crippen LogP contribution in [-0.2, 0) is 9.53 Å². The fourth-order valence-corrected chi connectivity index (χ4v) is 2.61. The quantitative estimate of drug-likeness (QED) is 0.865. The molecule has 2 N–H and O–H groups in total. The number of aromatic nitrogens is 2. The molecule has 0 bridgehead atoms. The second-order valence-electron chi connectivity index (χ2n) is 5.26. The number of nitrogen functional groups attached to an aromatic ring is 1. The molecule has 3 rings (SSSR count). The van der Waals surface area contributed by atoms with Gasteiger partial charge in [-0.25, -0.2) is 4.39 Å². The molecule has 1 aliphatic heterocycles. The predicted octanol–water partition coefficient (Wildman–Crippen LogP) is 2.13. The number of hydrogen-bond acceptors (Lipinski definition) is 6. The van der Waals surface area contributed by atoms with Crippen LogP contribution >= 0.6 is 11.6 Å². The summed E-state index contributed by atoms with van der Waals surface area (Å²) in [5, 5.41) is 8.47. The molecule has 6 nitrogen and oxygen atoms in total. The van der Waals surface area contributed by atoms with E-state index in [4.69, 9.17) is 17.3 Å². The second-order valence-corrected chi connectivity index (χ2v) is 5.69. The topological polar surface area (TPSA) is 81.3 Å². The number of ether oxygens (including phenoxy) is 1. The average molecular weight is 337 g/mol. The van der Waals surface area contributed by atoms with E-state index in [2.05, 4.69) is 14.9 Å². The van der Waals surface area contributed by atoms with Crippen molar-refractivity contribution in [1.82, 2.24) is 10.2 Å². The Morgan fingerprint density at radius 3 is 2.78 bits per heavy atom. The van der Waals surface area contributed by atoms with Crippen LogP contribution in [0.4, 0.5) is 15.9 Å². The number of carbonyl (C=O) groups is 1. The van der Waals surface area contributed by atoms with Crippen molar-refractivity contribution < 1.29 is 13.9 Å². The van der Waals surface area contributed by atoms with Gasteiger partial charge in [0.25, 0.3) is 0 Å². The van der Waals surface area contributed by atoms with Crippen molar-refractivity contribution in [2.45, 2.75) is 0 Å². The molecule has 0 spiro atoms. The van der Waals surface area contributed by atoms with Crippen LogP contribution in [0, 0.1) is 11.7 Å². The summed E-state index contributed by atoms with van der Waals surface area (Å²) in [6, 6.07) is 5.73. The fraction of sp³-hybridized carbons (Fsp3) is 0.267. The Labute approximate surface area is 137 Å². The van der Waals surface area contributed by atoms with Gasteiger partial charge in [0.2, 0.25) is 0 Å². The smallest absolute Gasteiger partial charge is 0.312 e. The molecule has 1 aromatic carbocycles. The van der Waals surface area contributed by atoms with E-state index in [1.54, 1.807) is 6.07 Å². The zero-order valence-corrected chi connectivity index (χ0v) is 13.0. The maximum atomic E-state index is 13.9. The number of benzene rings is 1. The molecule has 120 valence electrons. The first-order chi connectivity index (χ1) is 11.0. The van der Waals surface area contributed by atoms with Crippen molar-refractivity contribution in [1.29, 1.82) is 0 Å². The third-order valence-electron chi connectivity index (χ3n) is 3.72. The zero-order valence-electron chi connectivity index (χ0n) is 12.3. The van der Waals surface area contributed by atoms with E-state index in [-0.39, 0.29) is 17.5 Å². The van der Waals surface area contributed by atoms with Crippen LogP contribution in [0.5, 0.6) is 0 Å². The Morgan fingerprint density at radius 2 is 2.13 bits per heavy atom. The Morgan fingerprint density at radius 1 is 1.39 bits per heavy atom. The summed E-state index contributed by atoms with van der Waals surface area (Å²) >= 11 is 5.88. The summed E-state index contributed by atoms with van der Waals surface area (Å²) in [5.74, 6) is -0.432. The number of nitrogens with zero attached hydrogens (tertiary/aromatic N) is 3. The number of carbonyl (C=O) groups excluding carboxylic acids is 1. The summed E-state index contributed by atoms with van der Waals surface area (Å²) < 4.78 is 18.6. The van der Waals surface area contributed by atoms with Crippen LogP contribution in [0.15, 0.2) is 24.3 Å². The molecule has 1 aliphatic rings. The Bertz CT molecular complexity index is 765. The SMILES string of the molecule is COC(=O)C1CN(c2nnc(-c3cc(Cl)ccc3F)cc2N)C1. The van der Waals surface area contributed by atoms with Gasteiger partial charge < -0.3 is 15.4 Å². The number of hydrogen-bond donors (Lipinski definition) is 1. The van der Waals surface area contributed by atoms with Gasteiger partial charge in [-0.1, -0.05) is 11.6 Å². The van der Waals surface area contributed by atoms with E-state index < -0.39 is 5.82 Å². The van der Waals surface area contributed by atoms with Crippen LogP contribution in [0.1, 0.15) is 0 Å². The molecular formula is C15H14ClFN4O2. The Balaban J connectivity index is 1.82. The zero-order chi connectivity index (χ0) is 16.6. The first kappa shape index (κ1) is 15.5. The molecule has 0 unspecified atom stereocenters. The van der Waals surface area contributed by atoms with E-state index >= 15 is 0 Å². The highest BCUT2D eigenvalue weighted by Gasteiger charge is 2.35. The van der Waals surface area contributed by atoms with Crippen LogP contribution in [0.2, 0.25) is 5.02 Å². The van der Waals surface area contributed by atoms with Crippen molar-refractivity contribution in [2.24, 2.45) is 5.92 Å². The Hall–Kier alpha value is -2.41. The minimum atomic E-state index is -0.453. The molecule has 1 fully saturated rings. The molecule has 1 aromatic heterocycles. The number of halogens is 2. The standard InChI is InChI=1S/C15H14ClFN4O2/c1-23-15(22)8-6-21(7-8)14-12(18)5-13(19-20-14)10-4-9(16)2-3-11(10)17/h2-5,8H,6-7H2,1H3,(H2,18,19). The molecule has 0 radical (unpaired) electrons. The van der Waals surface area contributed by atoms with E-state index in [1.165, 1.54) is 25.3 Å². The summed E-state index contributed by atoms with van der Waals surface area (Å²) in [7, 11) is 1.35. The minimum absolute atomic E-state index is 0.189. The van der Waals surface area contributed by atoms with Gasteiger partial charge >= 0.3 is 5.97 Å². The first-order valence-corrected chi connectivity index (χ1v) is 7.28. The molecule has 23 heavy (non-hydrogen) atoms. The van der Waals surface area contributed by atoms with Gasteiger partial charge in [0.05, 0.1) is 24.4 Å². The van der Waals surface area contributed by atoms with Gasteiger partial charge in [-0.2, -0.15) is 0 Å². The van der Waals surface area contributed by atoms with Crippen molar-refractivity contribution in [3.8, 4) is 11.3 Å². The number of methoxy groups -OCH3 is 1. The fourth-order valence-electron chi connectivity index (χ4n) is 2.44. The third-order valence-corrected chi connectivity index (χ3v) is 3.96. The molecule has 1 saturated heterocycles. The molecule has 0 amide bonds. The average Bonchev–Trinajstić information content (AvgIpc) is 2.49. The number of nitrogens with two attached hydrogens (primary N) is 1. The minimum Gasteiger partial charge on any atom is -0.469 e. The molecular weight excluding hydrogens is 323 g/mol. The molecule has 0 saturated carbocycles.